The number of aromatic nitrogens is 2. The molecule has 104 valence electrons. The summed E-state index contributed by atoms with van der Waals surface area (Å²) < 4.78 is 8.88. The summed E-state index contributed by atoms with van der Waals surface area (Å²) in [6, 6.07) is 11.9. The Bertz CT molecular complexity index is 955. The fourth-order valence-corrected chi connectivity index (χ4v) is 2.80. The van der Waals surface area contributed by atoms with Crippen molar-refractivity contribution in [2.75, 3.05) is 0 Å². The van der Waals surface area contributed by atoms with Gasteiger partial charge in [0.2, 0.25) is 0 Å². The second-order valence-corrected chi connectivity index (χ2v) is 5.84. The van der Waals surface area contributed by atoms with Gasteiger partial charge in [0.05, 0.1) is 0 Å². The minimum atomic E-state index is 0.516. The molecule has 0 radical (unpaired) electrons. The summed E-state index contributed by atoms with van der Waals surface area (Å²) in [6.07, 6.45) is 3.95. The summed E-state index contributed by atoms with van der Waals surface area (Å²) in [6.45, 7) is 0.516. The van der Waals surface area contributed by atoms with Gasteiger partial charge in [-0.1, -0.05) is 22.0 Å². The van der Waals surface area contributed by atoms with Gasteiger partial charge in [-0.25, -0.2) is 4.98 Å². The first-order valence-corrected chi connectivity index (χ1v) is 7.39. The third-order valence-electron chi connectivity index (χ3n) is 3.48. The van der Waals surface area contributed by atoms with Crippen LogP contribution in [0.2, 0.25) is 0 Å². The van der Waals surface area contributed by atoms with Crippen LogP contribution in [0.5, 0.6) is 0 Å². The van der Waals surface area contributed by atoms with E-state index < -0.39 is 0 Å². The highest BCUT2D eigenvalue weighted by atomic mass is 79.9. The van der Waals surface area contributed by atoms with Crippen LogP contribution in [0, 0.1) is 0 Å². The van der Waals surface area contributed by atoms with E-state index in [1.54, 1.807) is 0 Å². The van der Waals surface area contributed by atoms with Crippen LogP contribution in [-0.4, -0.2) is 9.38 Å². The second kappa shape index (κ2) is 4.72. The first kappa shape index (κ1) is 12.6. The number of fused-ring (bicyclic) bond motifs is 2. The lowest BCUT2D eigenvalue weighted by atomic mass is 10.2. The third-order valence-corrected chi connectivity index (χ3v) is 3.97. The van der Waals surface area contributed by atoms with E-state index in [2.05, 4.69) is 20.9 Å². The topological polar surface area (TPSA) is 56.5 Å². The first-order valence-electron chi connectivity index (χ1n) is 6.60. The summed E-state index contributed by atoms with van der Waals surface area (Å²) in [5, 5.41) is 1.05. The minimum Gasteiger partial charge on any atom is -0.454 e. The standard InChI is InChI=1S/C16H12BrN3O/c17-12-2-3-14-11(5-12)6-15(21-14)13-9-20-8-10(7-18)1-4-16(20)19-13/h1-6,8-9H,7,18H2. The molecule has 0 unspecified atom stereocenters. The third kappa shape index (κ3) is 2.14. The normalized spacial score (nSPS) is 11.5. The molecule has 3 heterocycles. The van der Waals surface area contributed by atoms with Crippen molar-refractivity contribution < 1.29 is 4.42 Å². The van der Waals surface area contributed by atoms with Crippen LogP contribution >= 0.6 is 15.9 Å². The Morgan fingerprint density at radius 2 is 2.05 bits per heavy atom. The van der Waals surface area contributed by atoms with Crippen molar-refractivity contribution in [3.8, 4) is 11.5 Å². The van der Waals surface area contributed by atoms with Crippen molar-refractivity contribution in [1.29, 1.82) is 0 Å². The molecule has 0 fully saturated rings. The number of halogens is 1. The fraction of sp³-hybridized carbons (Fsp3) is 0.0625. The Morgan fingerprint density at radius 3 is 2.90 bits per heavy atom. The zero-order valence-corrected chi connectivity index (χ0v) is 12.7. The van der Waals surface area contributed by atoms with Crippen LogP contribution in [-0.2, 0) is 6.54 Å². The number of rotatable bonds is 2. The number of benzene rings is 1. The summed E-state index contributed by atoms with van der Waals surface area (Å²) >= 11 is 3.47. The molecule has 3 aromatic heterocycles. The zero-order chi connectivity index (χ0) is 14.4. The van der Waals surface area contributed by atoms with E-state index >= 15 is 0 Å². The van der Waals surface area contributed by atoms with Crippen LogP contribution < -0.4 is 5.73 Å². The highest BCUT2D eigenvalue weighted by Crippen LogP contribution is 2.29. The molecule has 0 aliphatic rings. The van der Waals surface area contributed by atoms with Crippen molar-refractivity contribution in [3.63, 3.8) is 0 Å². The number of pyridine rings is 1. The van der Waals surface area contributed by atoms with Crippen molar-refractivity contribution in [2.24, 2.45) is 5.73 Å². The monoisotopic (exact) mass is 341 g/mol. The molecule has 4 nitrogen and oxygen atoms in total. The molecule has 5 heteroatoms. The molecule has 0 bridgehead atoms. The van der Waals surface area contributed by atoms with Crippen LogP contribution in [0.15, 0.2) is 57.7 Å². The molecule has 21 heavy (non-hydrogen) atoms. The molecule has 0 amide bonds. The van der Waals surface area contributed by atoms with Crippen LogP contribution in [0.1, 0.15) is 5.56 Å². The minimum absolute atomic E-state index is 0.516. The van der Waals surface area contributed by atoms with Gasteiger partial charge in [-0.2, -0.15) is 0 Å². The molecule has 2 N–H and O–H groups in total. The highest BCUT2D eigenvalue weighted by Gasteiger charge is 2.10. The van der Waals surface area contributed by atoms with E-state index in [-0.39, 0.29) is 0 Å². The van der Waals surface area contributed by atoms with Gasteiger partial charge < -0.3 is 14.6 Å². The number of nitrogens with zero attached hydrogens (tertiary/aromatic N) is 2. The Hall–Kier alpha value is -2.11. The summed E-state index contributed by atoms with van der Waals surface area (Å²) in [4.78, 5) is 4.59. The maximum atomic E-state index is 5.87. The molecular weight excluding hydrogens is 330 g/mol. The van der Waals surface area contributed by atoms with E-state index in [0.717, 1.165) is 38.1 Å². The van der Waals surface area contributed by atoms with Gasteiger partial charge in [0.1, 0.15) is 16.9 Å². The number of furan rings is 1. The van der Waals surface area contributed by atoms with E-state index in [4.69, 9.17) is 10.2 Å². The maximum Gasteiger partial charge on any atom is 0.155 e. The summed E-state index contributed by atoms with van der Waals surface area (Å²) in [7, 11) is 0. The SMILES string of the molecule is NCc1ccc2nc(-c3cc4cc(Br)ccc4o3)cn2c1. The molecule has 0 spiro atoms. The first-order chi connectivity index (χ1) is 10.2. The van der Waals surface area contributed by atoms with Crippen LogP contribution in [0.25, 0.3) is 28.1 Å². The van der Waals surface area contributed by atoms with E-state index in [1.807, 2.05) is 53.2 Å². The maximum absolute atomic E-state index is 5.87. The molecule has 0 aliphatic heterocycles. The summed E-state index contributed by atoms with van der Waals surface area (Å²) in [5.74, 6) is 0.765. The number of hydrogen-bond donors (Lipinski definition) is 1. The zero-order valence-electron chi connectivity index (χ0n) is 11.1. The molecule has 0 atom stereocenters. The molecule has 4 aromatic rings. The van der Waals surface area contributed by atoms with E-state index in [1.165, 1.54) is 0 Å². The molecule has 1 aromatic carbocycles. The number of hydrogen-bond acceptors (Lipinski definition) is 3. The molecule has 0 aliphatic carbocycles. The number of imidazole rings is 1. The van der Waals surface area contributed by atoms with E-state index in [0.29, 0.717) is 6.54 Å². The van der Waals surface area contributed by atoms with E-state index in [9.17, 15) is 0 Å². The van der Waals surface area contributed by atoms with Crippen molar-refractivity contribution in [1.82, 2.24) is 9.38 Å². The average molecular weight is 342 g/mol. The Labute approximate surface area is 129 Å². The Balaban J connectivity index is 1.87. The Morgan fingerprint density at radius 1 is 1.14 bits per heavy atom. The Kier molecular flexibility index (Phi) is 2.83. The predicted molar refractivity (Wildman–Crippen MR) is 86.0 cm³/mol. The lowest BCUT2D eigenvalue weighted by Gasteiger charge is -1.96. The average Bonchev–Trinajstić information content (AvgIpc) is 3.08. The molecule has 0 saturated carbocycles. The number of nitrogens with two attached hydrogens (primary N) is 1. The lowest BCUT2D eigenvalue weighted by molar-refractivity contribution is 0.629. The summed E-state index contributed by atoms with van der Waals surface area (Å²) in [5.41, 5.74) is 9.29. The molecule has 4 rings (SSSR count). The van der Waals surface area contributed by atoms with Crippen LogP contribution in [0.4, 0.5) is 0 Å². The largest absolute Gasteiger partial charge is 0.454 e. The van der Waals surface area contributed by atoms with Gasteiger partial charge in [-0.05, 0) is 35.9 Å². The molecule has 0 saturated heterocycles. The molecular formula is C16H12BrN3O. The van der Waals surface area contributed by atoms with Crippen molar-refractivity contribution in [2.45, 2.75) is 6.54 Å². The van der Waals surface area contributed by atoms with Gasteiger partial charge in [-0.15, -0.1) is 0 Å². The second-order valence-electron chi connectivity index (χ2n) is 4.93. The van der Waals surface area contributed by atoms with Crippen molar-refractivity contribution >= 4 is 32.5 Å². The van der Waals surface area contributed by atoms with Gasteiger partial charge in [0.25, 0.3) is 0 Å². The quantitative estimate of drug-likeness (QED) is 0.600. The fourth-order valence-electron chi connectivity index (χ4n) is 2.42. The smallest absolute Gasteiger partial charge is 0.155 e. The van der Waals surface area contributed by atoms with Gasteiger partial charge >= 0.3 is 0 Å². The highest BCUT2D eigenvalue weighted by molar-refractivity contribution is 9.10. The lowest BCUT2D eigenvalue weighted by Crippen LogP contribution is -1.97. The van der Waals surface area contributed by atoms with Crippen molar-refractivity contribution in [3.05, 3.63) is 58.8 Å². The van der Waals surface area contributed by atoms with Gasteiger partial charge in [0, 0.05) is 28.8 Å². The predicted octanol–water partition coefficient (Wildman–Crippen LogP) is 3.97. The van der Waals surface area contributed by atoms with Gasteiger partial charge in [-0.3, -0.25) is 0 Å². The van der Waals surface area contributed by atoms with Crippen LogP contribution in [0.3, 0.4) is 0 Å². The van der Waals surface area contributed by atoms with Gasteiger partial charge in [0.15, 0.2) is 5.76 Å².